The summed E-state index contributed by atoms with van der Waals surface area (Å²) in [6, 6.07) is 12.1. The van der Waals surface area contributed by atoms with Crippen LogP contribution in [0, 0.1) is 0 Å². The summed E-state index contributed by atoms with van der Waals surface area (Å²) in [6.45, 7) is 0.521. The van der Waals surface area contributed by atoms with Crippen LogP contribution in [0.5, 0.6) is 5.88 Å². The van der Waals surface area contributed by atoms with Crippen molar-refractivity contribution in [1.29, 1.82) is 0 Å². The molecule has 168 valence electrons. The standard InChI is InChI=1S/C21H20ClN5O3S.ClH/c1-23-11-14-13-27(31(28,29)16-4-3-9-24-12-16)19-10-15(5-6-17(14)19)25-18-7-8-20(30-2)26-21(18)22;/h3-10,12-13,23,25H,11H2,1-2H3;1H. The molecule has 0 aliphatic heterocycles. The maximum Gasteiger partial charge on any atom is 0.269 e. The molecule has 0 unspecified atom stereocenters. The Hall–Kier alpha value is -2.85. The van der Waals surface area contributed by atoms with Gasteiger partial charge in [0, 0.05) is 42.3 Å². The fourth-order valence-electron chi connectivity index (χ4n) is 3.27. The SMILES string of the molecule is CNCc1cn(S(=O)(=O)c2cccnc2)c2cc(Nc3ccc(OC)nc3Cl)ccc12.Cl. The molecule has 32 heavy (non-hydrogen) atoms. The van der Waals surface area contributed by atoms with Crippen LogP contribution in [0.4, 0.5) is 11.4 Å². The van der Waals surface area contributed by atoms with Crippen molar-refractivity contribution in [2.45, 2.75) is 11.4 Å². The number of aromatic nitrogens is 3. The zero-order valence-corrected chi connectivity index (χ0v) is 19.6. The number of halogens is 2. The molecule has 0 atom stereocenters. The van der Waals surface area contributed by atoms with E-state index in [0.717, 1.165) is 10.9 Å². The fourth-order valence-corrected chi connectivity index (χ4v) is 4.81. The van der Waals surface area contributed by atoms with Crippen LogP contribution in [0.1, 0.15) is 5.56 Å². The molecule has 3 aromatic heterocycles. The van der Waals surface area contributed by atoms with Gasteiger partial charge in [-0.3, -0.25) is 4.98 Å². The van der Waals surface area contributed by atoms with Crippen LogP contribution in [0.25, 0.3) is 10.9 Å². The molecule has 0 saturated heterocycles. The van der Waals surface area contributed by atoms with Gasteiger partial charge >= 0.3 is 0 Å². The molecule has 2 N–H and O–H groups in total. The summed E-state index contributed by atoms with van der Waals surface area (Å²) in [6.07, 6.45) is 4.51. The van der Waals surface area contributed by atoms with Crippen molar-refractivity contribution in [3.63, 3.8) is 0 Å². The fraction of sp³-hybridized carbons (Fsp3) is 0.143. The van der Waals surface area contributed by atoms with E-state index in [9.17, 15) is 8.42 Å². The van der Waals surface area contributed by atoms with E-state index >= 15 is 0 Å². The molecule has 0 saturated carbocycles. The van der Waals surface area contributed by atoms with Gasteiger partial charge in [-0.25, -0.2) is 12.4 Å². The highest BCUT2D eigenvalue weighted by Gasteiger charge is 2.21. The van der Waals surface area contributed by atoms with E-state index in [0.29, 0.717) is 29.3 Å². The number of nitrogens with one attached hydrogen (secondary N) is 2. The number of methoxy groups -OCH3 is 1. The van der Waals surface area contributed by atoms with Gasteiger partial charge in [0.25, 0.3) is 10.0 Å². The zero-order valence-electron chi connectivity index (χ0n) is 17.2. The minimum atomic E-state index is -3.83. The minimum absolute atomic E-state index is 0. The lowest BCUT2D eigenvalue weighted by molar-refractivity contribution is 0.398. The number of benzene rings is 1. The Morgan fingerprint density at radius 1 is 1.19 bits per heavy atom. The number of ether oxygens (including phenoxy) is 1. The third-order valence-electron chi connectivity index (χ3n) is 4.72. The molecular weight excluding hydrogens is 473 g/mol. The van der Waals surface area contributed by atoms with Crippen molar-refractivity contribution < 1.29 is 13.2 Å². The smallest absolute Gasteiger partial charge is 0.269 e. The Kier molecular flexibility index (Phi) is 7.25. The third kappa shape index (κ3) is 4.51. The van der Waals surface area contributed by atoms with Crippen LogP contribution < -0.4 is 15.4 Å². The molecular formula is C21H21Cl2N5O3S. The Labute approximate surface area is 197 Å². The van der Waals surface area contributed by atoms with Crippen LogP contribution in [-0.2, 0) is 16.6 Å². The highest BCUT2D eigenvalue weighted by molar-refractivity contribution is 7.90. The van der Waals surface area contributed by atoms with Gasteiger partial charge in [-0.15, -0.1) is 12.4 Å². The lowest BCUT2D eigenvalue weighted by atomic mass is 10.1. The number of rotatable bonds is 7. The van der Waals surface area contributed by atoms with Gasteiger partial charge in [-0.2, -0.15) is 4.98 Å². The van der Waals surface area contributed by atoms with Gasteiger partial charge in [0.2, 0.25) is 5.88 Å². The van der Waals surface area contributed by atoms with Gasteiger partial charge in [-0.1, -0.05) is 17.7 Å². The number of nitrogens with zero attached hydrogens (tertiary/aromatic N) is 3. The van der Waals surface area contributed by atoms with Gasteiger partial charge < -0.3 is 15.4 Å². The van der Waals surface area contributed by atoms with Crippen molar-refractivity contribution in [1.82, 2.24) is 19.3 Å². The number of pyridine rings is 2. The summed E-state index contributed by atoms with van der Waals surface area (Å²) in [4.78, 5) is 8.20. The molecule has 8 nitrogen and oxygen atoms in total. The predicted octanol–water partition coefficient (Wildman–Crippen LogP) is 4.22. The summed E-state index contributed by atoms with van der Waals surface area (Å²) in [5.41, 5.74) is 2.64. The van der Waals surface area contributed by atoms with Gasteiger partial charge in [-0.05, 0) is 42.9 Å². The Morgan fingerprint density at radius 3 is 2.66 bits per heavy atom. The second-order valence-corrected chi connectivity index (χ2v) is 8.90. The second kappa shape index (κ2) is 9.74. The maximum absolute atomic E-state index is 13.3. The number of fused-ring (bicyclic) bond motifs is 1. The van der Waals surface area contributed by atoms with Gasteiger partial charge in [0.05, 0.1) is 18.3 Å². The molecule has 4 rings (SSSR count). The molecule has 11 heteroatoms. The highest BCUT2D eigenvalue weighted by atomic mass is 35.5. The average Bonchev–Trinajstić information content (AvgIpc) is 3.14. The average molecular weight is 494 g/mol. The lowest BCUT2D eigenvalue weighted by Crippen LogP contribution is -2.12. The molecule has 0 spiro atoms. The van der Waals surface area contributed by atoms with Crippen LogP contribution in [0.15, 0.2) is 66.0 Å². The molecule has 0 radical (unpaired) electrons. The molecule has 3 heterocycles. The topological polar surface area (TPSA) is 98.1 Å². The van der Waals surface area contributed by atoms with E-state index in [2.05, 4.69) is 20.6 Å². The van der Waals surface area contributed by atoms with Gasteiger partial charge in [0.15, 0.2) is 5.15 Å². The van der Waals surface area contributed by atoms with Crippen LogP contribution in [0.3, 0.4) is 0 Å². The van der Waals surface area contributed by atoms with E-state index in [4.69, 9.17) is 16.3 Å². The summed E-state index contributed by atoms with van der Waals surface area (Å²) in [5, 5.41) is 7.34. The van der Waals surface area contributed by atoms with E-state index in [1.807, 2.05) is 19.2 Å². The number of hydrogen-bond acceptors (Lipinski definition) is 7. The first-order valence-electron chi connectivity index (χ1n) is 9.36. The normalized spacial score (nSPS) is 11.2. The predicted molar refractivity (Wildman–Crippen MR) is 128 cm³/mol. The Bertz CT molecular complexity index is 1340. The molecule has 0 aliphatic rings. The van der Waals surface area contributed by atoms with E-state index in [-0.39, 0.29) is 22.5 Å². The largest absolute Gasteiger partial charge is 0.481 e. The quantitative estimate of drug-likeness (QED) is 0.372. The first kappa shape index (κ1) is 23.8. The second-order valence-electron chi connectivity index (χ2n) is 6.72. The summed E-state index contributed by atoms with van der Waals surface area (Å²) < 4.78 is 33.0. The highest BCUT2D eigenvalue weighted by Crippen LogP contribution is 2.31. The Morgan fingerprint density at radius 2 is 2.00 bits per heavy atom. The van der Waals surface area contributed by atoms with Gasteiger partial charge in [0.1, 0.15) is 4.90 Å². The molecule has 0 fully saturated rings. The minimum Gasteiger partial charge on any atom is -0.481 e. The number of anilines is 2. The maximum atomic E-state index is 13.3. The van der Waals surface area contributed by atoms with Crippen molar-refractivity contribution >= 4 is 56.3 Å². The first-order valence-corrected chi connectivity index (χ1v) is 11.2. The lowest BCUT2D eigenvalue weighted by Gasteiger charge is -2.11. The molecule has 4 aromatic rings. The molecule has 0 bridgehead atoms. The van der Waals surface area contributed by atoms with Crippen LogP contribution in [0.2, 0.25) is 5.15 Å². The van der Waals surface area contributed by atoms with E-state index < -0.39 is 10.0 Å². The molecule has 0 aliphatic carbocycles. The molecule has 0 amide bonds. The van der Waals surface area contributed by atoms with Crippen molar-refractivity contribution in [2.75, 3.05) is 19.5 Å². The zero-order chi connectivity index (χ0) is 22.0. The number of hydrogen-bond donors (Lipinski definition) is 2. The van der Waals surface area contributed by atoms with Crippen molar-refractivity contribution in [3.05, 3.63) is 71.8 Å². The van der Waals surface area contributed by atoms with Crippen molar-refractivity contribution in [3.8, 4) is 5.88 Å². The Balaban J connectivity index is 0.00000289. The first-order chi connectivity index (χ1) is 14.9. The summed E-state index contributed by atoms with van der Waals surface area (Å²) in [5.74, 6) is 0.402. The van der Waals surface area contributed by atoms with Crippen molar-refractivity contribution in [2.24, 2.45) is 0 Å². The van der Waals surface area contributed by atoms with Crippen LogP contribution >= 0.6 is 24.0 Å². The third-order valence-corrected chi connectivity index (χ3v) is 6.67. The van der Waals surface area contributed by atoms with Crippen LogP contribution in [-0.4, -0.2) is 36.5 Å². The monoisotopic (exact) mass is 493 g/mol. The summed E-state index contributed by atoms with van der Waals surface area (Å²) >= 11 is 6.24. The van der Waals surface area contributed by atoms with E-state index in [1.54, 1.807) is 30.5 Å². The summed E-state index contributed by atoms with van der Waals surface area (Å²) in [7, 11) is -0.500. The van der Waals surface area contributed by atoms with E-state index in [1.165, 1.54) is 29.5 Å². The molecule has 1 aromatic carbocycles.